The third-order valence-electron chi connectivity index (χ3n) is 3.17. The first kappa shape index (κ1) is 13.0. The number of anilines is 2. The number of hydrogen-bond donors (Lipinski definition) is 2. The Morgan fingerprint density at radius 2 is 2.39 bits per heavy atom. The van der Waals surface area contributed by atoms with E-state index in [4.69, 9.17) is 0 Å². The summed E-state index contributed by atoms with van der Waals surface area (Å²) in [5.41, 5.74) is 0. The van der Waals surface area contributed by atoms with E-state index in [-0.39, 0.29) is 12.6 Å². The Balaban J connectivity index is 2.26. The number of piperidine rings is 1. The summed E-state index contributed by atoms with van der Waals surface area (Å²) < 4.78 is 13.8. The van der Waals surface area contributed by atoms with Crippen LogP contribution in [-0.2, 0) is 0 Å². The van der Waals surface area contributed by atoms with Gasteiger partial charge in [-0.2, -0.15) is 4.98 Å². The Bertz CT molecular complexity index is 402. The van der Waals surface area contributed by atoms with Crippen LogP contribution in [0.1, 0.15) is 26.2 Å². The molecule has 0 amide bonds. The monoisotopic (exact) mass is 254 g/mol. The molecule has 100 valence electrons. The average molecular weight is 254 g/mol. The highest BCUT2D eigenvalue weighted by molar-refractivity contribution is 5.45. The quantitative estimate of drug-likeness (QED) is 0.850. The minimum absolute atomic E-state index is 0.0278. The molecule has 1 atom stereocenters. The number of aromatic nitrogens is 2. The molecule has 0 aliphatic carbocycles. The third-order valence-corrected chi connectivity index (χ3v) is 3.17. The second-order valence-electron chi connectivity index (χ2n) is 4.42. The van der Waals surface area contributed by atoms with Crippen molar-refractivity contribution in [3.8, 4) is 0 Å². The van der Waals surface area contributed by atoms with Crippen LogP contribution in [0.4, 0.5) is 16.2 Å². The van der Waals surface area contributed by atoms with Crippen LogP contribution in [0.2, 0.25) is 0 Å². The van der Waals surface area contributed by atoms with E-state index in [0.29, 0.717) is 18.3 Å². The Labute approximate surface area is 106 Å². The van der Waals surface area contributed by atoms with Crippen molar-refractivity contribution >= 4 is 11.8 Å². The average Bonchev–Trinajstić information content (AvgIpc) is 2.41. The van der Waals surface area contributed by atoms with Crippen molar-refractivity contribution in [1.29, 1.82) is 0 Å². The molecule has 1 aliphatic heterocycles. The van der Waals surface area contributed by atoms with Gasteiger partial charge in [0, 0.05) is 13.1 Å². The highest BCUT2D eigenvalue weighted by atomic mass is 19.1. The molecule has 6 heteroatoms. The Kier molecular flexibility index (Phi) is 4.30. The third kappa shape index (κ3) is 2.69. The second kappa shape index (κ2) is 5.95. The van der Waals surface area contributed by atoms with Crippen molar-refractivity contribution in [2.45, 2.75) is 32.2 Å². The van der Waals surface area contributed by atoms with Gasteiger partial charge >= 0.3 is 0 Å². The van der Waals surface area contributed by atoms with E-state index in [1.165, 1.54) is 6.20 Å². The zero-order valence-electron chi connectivity index (χ0n) is 10.6. The van der Waals surface area contributed by atoms with Crippen LogP contribution in [0.15, 0.2) is 6.20 Å². The molecule has 0 aromatic carbocycles. The standard InChI is InChI=1S/C12H19FN4O/c1-2-14-12-15-7-10(13)11(16-12)17-6-4-3-5-9(17)8-18/h7,9,18H,2-6,8H2,1H3,(H,14,15,16). The van der Waals surface area contributed by atoms with Crippen LogP contribution in [0, 0.1) is 5.82 Å². The Morgan fingerprint density at radius 3 is 3.11 bits per heavy atom. The molecule has 2 rings (SSSR count). The topological polar surface area (TPSA) is 61.3 Å². The molecule has 0 bridgehead atoms. The number of halogens is 1. The molecule has 2 heterocycles. The second-order valence-corrected chi connectivity index (χ2v) is 4.42. The molecule has 18 heavy (non-hydrogen) atoms. The lowest BCUT2D eigenvalue weighted by molar-refractivity contribution is 0.238. The molecule has 0 spiro atoms. The van der Waals surface area contributed by atoms with E-state index < -0.39 is 5.82 Å². The van der Waals surface area contributed by atoms with E-state index >= 15 is 0 Å². The smallest absolute Gasteiger partial charge is 0.224 e. The summed E-state index contributed by atoms with van der Waals surface area (Å²) in [5.74, 6) is 0.285. The van der Waals surface area contributed by atoms with Crippen molar-refractivity contribution in [3.63, 3.8) is 0 Å². The molecule has 0 saturated carbocycles. The van der Waals surface area contributed by atoms with E-state index in [0.717, 1.165) is 25.8 Å². The lowest BCUT2D eigenvalue weighted by Gasteiger charge is -2.35. The van der Waals surface area contributed by atoms with Gasteiger partial charge in [-0.05, 0) is 26.2 Å². The maximum Gasteiger partial charge on any atom is 0.224 e. The van der Waals surface area contributed by atoms with Gasteiger partial charge in [0.25, 0.3) is 0 Å². The van der Waals surface area contributed by atoms with Crippen molar-refractivity contribution in [2.75, 3.05) is 29.9 Å². The van der Waals surface area contributed by atoms with Gasteiger partial charge in [0.05, 0.1) is 18.8 Å². The van der Waals surface area contributed by atoms with Gasteiger partial charge in [-0.1, -0.05) is 0 Å². The number of aliphatic hydroxyl groups excluding tert-OH is 1. The first-order valence-electron chi connectivity index (χ1n) is 6.40. The van der Waals surface area contributed by atoms with Crippen LogP contribution in [0.5, 0.6) is 0 Å². The van der Waals surface area contributed by atoms with Gasteiger partial charge in [0.2, 0.25) is 5.95 Å². The van der Waals surface area contributed by atoms with Crippen LogP contribution in [0.3, 0.4) is 0 Å². The zero-order chi connectivity index (χ0) is 13.0. The van der Waals surface area contributed by atoms with Crippen molar-refractivity contribution in [3.05, 3.63) is 12.0 Å². The molecular weight excluding hydrogens is 235 g/mol. The number of nitrogens with one attached hydrogen (secondary N) is 1. The first-order valence-corrected chi connectivity index (χ1v) is 6.40. The van der Waals surface area contributed by atoms with E-state index in [9.17, 15) is 9.50 Å². The number of rotatable bonds is 4. The highest BCUT2D eigenvalue weighted by Crippen LogP contribution is 2.25. The predicted octanol–water partition coefficient (Wildman–Crippen LogP) is 1.40. The van der Waals surface area contributed by atoms with Gasteiger partial charge in [0.15, 0.2) is 11.6 Å². The number of hydrogen-bond acceptors (Lipinski definition) is 5. The van der Waals surface area contributed by atoms with E-state index in [2.05, 4.69) is 15.3 Å². The van der Waals surface area contributed by atoms with E-state index in [1.807, 2.05) is 11.8 Å². The Hall–Kier alpha value is -1.43. The number of nitrogens with zero attached hydrogens (tertiary/aromatic N) is 3. The fourth-order valence-electron chi connectivity index (χ4n) is 2.27. The van der Waals surface area contributed by atoms with Crippen LogP contribution < -0.4 is 10.2 Å². The summed E-state index contributed by atoms with van der Waals surface area (Å²) in [6, 6.07) is -0.0439. The largest absolute Gasteiger partial charge is 0.394 e. The van der Waals surface area contributed by atoms with E-state index in [1.54, 1.807) is 0 Å². The molecule has 1 fully saturated rings. The summed E-state index contributed by atoms with van der Waals surface area (Å²) in [5, 5.41) is 12.3. The molecule has 1 aromatic rings. The molecule has 1 unspecified atom stereocenters. The maximum atomic E-state index is 13.8. The molecule has 1 saturated heterocycles. The van der Waals surface area contributed by atoms with Gasteiger partial charge in [-0.15, -0.1) is 0 Å². The maximum absolute atomic E-state index is 13.8. The first-order chi connectivity index (χ1) is 8.76. The molecule has 1 aliphatic rings. The minimum Gasteiger partial charge on any atom is -0.394 e. The summed E-state index contributed by atoms with van der Waals surface area (Å²) in [6.45, 7) is 3.38. The zero-order valence-corrected chi connectivity index (χ0v) is 10.6. The SMILES string of the molecule is CCNc1ncc(F)c(N2CCCCC2CO)n1. The molecule has 2 N–H and O–H groups in total. The summed E-state index contributed by atoms with van der Waals surface area (Å²) in [4.78, 5) is 9.94. The molecule has 0 radical (unpaired) electrons. The minimum atomic E-state index is -0.433. The van der Waals surface area contributed by atoms with Gasteiger partial charge < -0.3 is 15.3 Å². The van der Waals surface area contributed by atoms with Crippen molar-refractivity contribution in [2.24, 2.45) is 0 Å². The summed E-state index contributed by atoms with van der Waals surface area (Å²) in [6.07, 6.45) is 4.12. The molecule has 1 aromatic heterocycles. The normalized spacial score (nSPS) is 19.9. The van der Waals surface area contributed by atoms with Crippen LogP contribution >= 0.6 is 0 Å². The molecular formula is C12H19FN4O. The summed E-state index contributed by atoms with van der Waals surface area (Å²) in [7, 11) is 0. The van der Waals surface area contributed by atoms with Crippen LogP contribution in [0.25, 0.3) is 0 Å². The Morgan fingerprint density at radius 1 is 1.56 bits per heavy atom. The van der Waals surface area contributed by atoms with Gasteiger partial charge in [-0.25, -0.2) is 9.37 Å². The highest BCUT2D eigenvalue weighted by Gasteiger charge is 2.25. The number of aliphatic hydroxyl groups is 1. The summed E-state index contributed by atoms with van der Waals surface area (Å²) >= 11 is 0. The van der Waals surface area contributed by atoms with Crippen molar-refractivity contribution < 1.29 is 9.50 Å². The fraction of sp³-hybridized carbons (Fsp3) is 0.667. The van der Waals surface area contributed by atoms with Crippen molar-refractivity contribution in [1.82, 2.24) is 9.97 Å². The molecule has 5 nitrogen and oxygen atoms in total. The predicted molar refractivity (Wildman–Crippen MR) is 68.2 cm³/mol. The van der Waals surface area contributed by atoms with Crippen LogP contribution in [-0.4, -0.2) is 40.8 Å². The lowest BCUT2D eigenvalue weighted by atomic mass is 10.0. The van der Waals surface area contributed by atoms with Gasteiger partial charge in [0.1, 0.15) is 0 Å². The lowest BCUT2D eigenvalue weighted by Crippen LogP contribution is -2.43. The fourth-order valence-corrected chi connectivity index (χ4v) is 2.27. The van der Waals surface area contributed by atoms with Gasteiger partial charge in [-0.3, -0.25) is 0 Å².